The summed E-state index contributed by atoms with van der Waals surface area (Å²) in [6.07, 6.45) is 2.20. The minimum absolute atomic E-state index is 0.326. The maximum absolute atomic E-state index is 10.1. The number of aromatic nitrogens is 2. The number of hydrogen-bond donors (Lipinski definition) is 1. The van der Waals surface area contributed by atoms with Gasteiger partial charge >= 0.3 is 0 Å². The molecule has 1 N–H and O–H groups in total. The van der Waals surface area contributed by atoms with E-state index < -0.39 is 0 Å². The van der Waals surface area contributed by atoms with Gasteiger partial charge in [0.1, 0.15) is 17.4 Å². The molecular weight excluding hydrogens is 266 g/mol. The van der Waals surface area contributed by atoms with Gasteiger partial charge in [0.2, 0.25) is 0 Å². The highest BCUT2D eigenvalue weighted by Crippen LogP contribution is 2.33. The van der Waals surface area contributed by atoms with Crippen LogP contribution in [0.3, 0.4) is 0 Å². The molecule has 1 aromatic carbocycles. The first-order valence-corrected chi connectivity index (χ1v) is 7.29. The second-order valence-electron chi connectivity index (χ2n) is 5.75. The Morgan fingerprint density at radius 1 is 1.29 bits per heavy atom. The number of β-amino-alcohol motifs (C(OH)–C–C–N with tert-alkyl or cyclic N) is 1. The standard InChI is InChI=1S/C16H17N3O2/c1-10-6-7-19(8-12(10)20)16-15-14(17-9-18-16)11-4-2-3-5-13(11)21-15/h2-5,9-10,12,20H,6-8H2,1H3. The van der Waals surface area contributed by atoms with Gasteiger partial charge in [0.05, 0.1) is 6.10 Å². The topological polar surface area (TPSA) is 62.4 Å². The Labute approximate surface area is 122 Å². The average Bonchev–Trinajstić information content (AvgIpc) is 2.89. The molecule has 1 aliphatic rings. The highest BCUT2D eigenvalue weighted by Gasteiger charge is 2.27. The number of nitrogens with zero attached hydrogens (tertiary/aromatic N) is 3. The maximum Gasteiger partial charge on any atom is 0.196 e. The smallest absolute Gasteiger partial charge is 0.196 e. The fourth-order valence-electron chi connectivity index (χ4n) is 2.98. The van der Waals surface area contributed by atoms with Crippen LogP contribution in [-0.4, -0.2) is 34.3 Å². The van der Waals surface area contributed by atoms with Crippen LogP contribution in [0.15, 0.2) is 35.0 Å². The van der Waals surface area contributed by atoms with E-state index >= 15 is 0 Å². The van der Waals surface area contributed by atoms with Gasteiger partial charge in [-0.1, -0.05) is 19.1 Å². The van der Waals surface area contributed by atoms with Crippen LogP contribution >= 0.6 is 0 Å². The molecule has 5 nitrogen and oxygen atoms in total. The third-order valence-electron chi connectivity index (χ3n) is 4.36. The lowest BCUT2D eigenvalue weighted by Gasteiger charge is -2.34. The number of hydrogen-bond acceptors (Lipinski definition) is 5. The third kappa shape index (κ3) is 1.96. The number of aliphatic hydroxyl groups excluding tert-OH is 1. The molecule has 1 fully saturated rings. The van der Waals surface area contributed by atoms with Crippen molar-refractivity contribution in [3.05, 3.63) is 30.6 Å². The fourth-order valence-corrected chi connectivity index (χ4v) is 2.98. The molecule has 21 heavy (non-hydrogen) atoms. The molecular formula is C16H17N3O2. The van der Waals surface area contributed by atoms with Gasteiger partial charge in [-0.2, -0.15) is 0 Å². The van der Waals surface area contributed by atoms with Crippen molar-refractivity contribution in [3.63, 3.8) is 0 Å². The van der Waals surface area contributed by atoms with Gasteiger partial charge in [-0.15, -0.1) is 0 Å². The number of fused-ring (bicyclic) bond motifs is 3. The van der Waals surface area contributed by atoms with Crippen molar-refractivity contribution in [2.75, 3.05) is 18.0 Å². The summed E-state index contributed by atoms with van der Waals surface area (Å²) in [7, 11) is 0. The first-order valence-electron chi connectivity index (χ1n) is 7.29. The molecule has 1 aliphatic heterocycles. The average molecular weight is 283 g/mol. The predicted molar refractivity (Wildman–Crippen MR) is 81.3 cm³/mol. The number of aliphatic hydroxyl groups is 1. The second kappa shape index (κ2) is 4.70. The van der Waals surface area contributed by atoms with Crippen LogP contribution in [0.1, 0.15) is 13.3 Å². The summed E-state index contributed by atoms with van der Waals surface area (Å²) in [6.45, 7) is 3.55. The maximum atomic E-state index is 10.1. The molecule has 0 saturated carbocycles. The summed E-state index contributed by atoms with van der Waals surface area (Å²) in [6, 6.07) is 7.87. The highest BCUT2D eigenvalue weighted by atomic mass is 16.3. The normalized spacial score (nSPS) is 23.0. The van der Waals surface area contributed by atoms with Crippen LogP contribution in [0, 0.1) is 5.92 Å². The van der Waals surface area contributed by atoms with E-state index in [0.717, 1.165) is 35.3 Å². The molecule has 2 aromatic heterocycles. The van der Waals surface area contributed by atoms with Crippen LogP contribution in [0.2, 0.25) is 0 Å². The lowest BCUT2D eigenvalue weighted by Crippen LogP contribution is -2.43. The first kappa shape index (κ1) is 12.6. The number of rotatable bonds is 1. The Morgan fingerprint density at radius 3 is 3.00 bits per heavy atom. The van der Waals surface area contributed by atoms with E-state index in [9.17, 15) is 5.11 Å². The van der Waals surface area contributed by atoms with Gasteiger partial charge in [0.25, 0.3) is 0 Å². The molecule has 3 aromatic rings. The van der Waals surface area contributed by atoms with Crippen molar-refractivity contribution in [1.82, 2.24) is 9.97 Å². The van der Waals surface area contributed by atoms with Crippen LogP contribution in [-0.2, 0) is 0 Å². The SMILES string of the molecule is CC1CCN(c2ncnc3c2oc2ccccc23)CC1O. The molecule has 1 saturated heterocycles. The molecule has 3 heterocycles. The number of furan rings is 1. The second-order valence-corrected chi connectivity index (χ2v) is 5.75. The highest BCUT2D eigenvalue weighted by molar-refractivity contribution is 6.05. The number of anilines is 1. The van der Waals surface area contributed by atoms with E-state index in [-0.39, 0.29) is 6.10 Å². The Bertz CT molecular complexity index is 798. The Balaban J connectivity index is 1.85. The van der Waals surface area contributed by atoms with Crippen LogP contribution in [0.5, 0.6) is 0 Å². The van der Waals surface area contributed by atoms with Gasteiger partial charge < -0.3 is 14.4 Å². The minimum atomic E-state index is -0.326. The molecule has 2 atom stereocenters. The summed E-state index contributed by atoms with van der Waals surface area (Å²) >= 11 is 0. The largest absolute Gasteiger partial charge is 0.450 e. The van der Waals surface area contributed by atoms with E-state index in [4.69, 9.17) is 4.42 Å². The van der Waals surface area contributed by atoms with Crippen molar-refractivity contribution < 1.29 is 9.52 Å². The first-order chi connectivity index (χ1) is 10.2. The monoisotopic (exact) mass is 283 g/mol. The van der Waals surface area contributed by atoms with Crippen molar-refractivity contribution in [3.8, 4) is 0 Å². The zero-order valence-electron chi connectivity index (χ0n) is 11.9. The summed E-state index contributed by atoms with van der Waals surface area (Å²) in [5.74, 6) is 1.11. The summed E-state index contributed by atoms with van der Waals surface area (Å²) in [4.78, 5) is 10.9. The molecule has 0 amide bonds. The lowest BCUT2D eigenvalue weighted by molar-refractivity contribution is 0.102. The van der Waals surface area contributed by atoms with E-state index in [1.807, 2.05) is 24.3 Å². The zero-order valence-corrected chi connectivity index (χ0v) is 11.9. The Hall–Kier alpha value is -2.14. The number of piperidine rings is 1. The molecule has 0 aliphatic carbocycles. The van der Waals surface area contributed by atoms with Crippen LogP contribution in [0.4, 0.5) is 5.82 Å². The van der Waals surface area contributed by atoms with Crippen molar-refractivity contribution in [2.24, 2.45) is 5.92 Å². The van der Waals surface area contributed by atoms with Gasteiger partial charge in [-0.3, -0.25) is 0 Å². The van der Waals surface area contributed by atoms with Crippen molar-refractivity contribution >= 4 is 27.9 Å². The third-order valence-corrected chi connectivity index (χ3v) is 4.36. The van der Waals surface area contributed by atoms with Crippen LogP contribution in [0.25, 0.3) is 22.1 Å². The van der Waals surface area contributed by atoms with Gasteiger partial charge in [-0.25, -0.2) is 9.97 Å². The zero-order chi connectivity index (χ0) is 14.4. The quantitative estimate of drug-likeness (QED) is 0.743. The molecule has 5 heteroatoms. The fraction of sp³-hybridized carbons (Fsp3) is 0.375. The van der Waals surface area contributed by atoms with Crippen LogP contribution < -0.4 is 4.90 Å². The van der Waals surface area contributed by atoms with Crippen molar-refractivity contribution in [1.29, 1.82) is 0 Å². The van der Waals surface area contributed by atoms with Gasteiger partial charge in [-0.05, 0) is 24.5 Å². The van der Waals surface area contributed by atoms with E-state index in [1.165, 1.54) is 0 Å². The molecule has 4 rings (SSSR count). The number of benzene rings is 1. The van der Waals surface area contributed by atoms with E-state index in [1.54, 1.807) is 6.33 Å². The predicted octanol–water partition coefficient (Wildman–Crippen LogP) is 2.58. The summed E-state index contributed by atoms with van der Waals surface area (Å²) < 4.78 is 5.95. The molecule has 0 radical (unpaired) electrons. The van der Waals surface area contributed by atoms with Gasteiger partial charge in [0, 0.05) is 18.5 Å². The van der Waals surface area contributed by atoms with Gasteiger partial charge in [0.15, 0.2) is 11.4 Å². The number of para-hydroxylation sites is 1. The molecule has 0 spiro atoms. The minimum Gasteiger partial charge on any atom is -0.450 e. The molecule has 108 valence electrons. The Kier molecular flexibility index (Phi) is 2.82. The summed E-state index contributed by atoms with van der Waals surface area (Å²) in [5, 5.41) is 11.1. The van der Waals surface area contributed by atoms with Crippen molar-refractivity contribution in [2.45, 2.75) is 19.4 Å². The molecule has 0 bridgehead atoms. The molecule has 2 unspecified atom stereocenters. The lowest BCUT2D eigenvalue weighted by atomic mass is 9.96. The van der Waals surface area contributed by atoms with E-state index in [0.29, 0.717) is 18.0 Å². The van der Waals surface area contributed by atoms with E-state index in [2.05, 4.69) is 21.8 Å². The Morgan fingerprint density at radius 2 is 2.14 bits per heavy atom. The summed E-state index contributed by atoms with van der Waals surface area (Å²) in [5.41, 5.74) is 2.37.